The molecule has 0 bridgehead atoms. The third-order valence-corrected chi connectivity index (χ3v) is 2.25. The first kappa shape index (κ1) is 7.58. The summed E-state index contributed by atoms with van der Waals surface area (Å²) in [6, 6.07) is 0. The molecule has 0 aromatic carbocycles. The zero-order chi connectivity index (χ0) is 8.55. The predicted molar refractivity (Wildman–Crippen MR) is 38.2 cm³/mol. The smallest absolute Gasteiger partial charge is 0.306 e. The molecule has 0 spiro atoms. The summed E-state index contributed by atoms with van der Waals surface area (Å²) in [5.74, 6) is -0.356. The molecular formula is C8H10O4. The highest BCUT2D eigenvalue weighted by molar-refractivity contribution is 5.73. The van der Waals surface area contributed by atoms with Crippen molar-refractivity contribution in [2.45, 2.75) is 37.9 Å². The van der Waals surface area contributed by atoms with Crippen molar-refractivity contribution in [3.8, 4) is 0 Å². The van der Waals surface area contributed by atoms with Gasteiger partial charge in [-0.25, -0.2) is 0 Å². The molecule has 2 aliphatic heterocycles. The average Bonchev–Trinajstić information content (AvgIpc) is 2.58. The van der Waals surface area contributed by atoms with Crippen LogP contribution in [0.2, 0.25) is 0 Å². The Labute approximate surface area is 69.8 Å². The summed E-state index contributed by atoms with van der Waals surface area (Å²) >= 11 is 0. The molecule has 2 fully saturated rings. The van der Waals surface area contributed by atoms with E-state index in [9.17, 15) is 9.59 Å². The summed E-state index contributed by atoms with van der Waals surface area (Å²) in [4.78, 5) is 21.5. The Morgan fingerprint density at radius 2 is 1.33 bits per heavy atom. The van der Waals surface area contributed by atoms with Gasteiger partial charge in [0, 0.05) is 12.8 Å². The lowest BCUT2D eigenvalue weighted by Crippen LogP contribution is -2.25. The first-order valence-electron chi connectivity index (χ1n) is 4.14. The predicted octanol–water partition coefficient (Wildman–Crippen LogP) is 0.398. The molecular weight excluding hydrogens is 160 g/mol. The summed E-state index contributed by atoms with van der Waals surface area (Å²) in [6.07, 6.45) is 1.94. The molecule has 0 N–H and O–H groups in total. The van der Waals surface area contributed by atoms with Crippen molar-refractivity contribution in [3.05, 3.63) is 0 Å². The minimum atomic E-state index is -0.178. The molecule has 2 rings (SSSR count). The van der Waals surface area contributed by atoms with Crippen LogP contribution in [0.5, 0.6) is 0 Å². The van der Waals surface area contributed by atoms with Crippen LogP contribution in [-0.4, -0.2) is 24.1 Å². The molecule has 12 heavy (non-hydrogen) atoms. The van der Waals surface area contributed by atoms with Crippen LogP contribution in [0.15, 0.2) is 0 Å². The highest BCUT2D eigenvalue weighted by Crippen LogP contribution is 2.26. The van der Waals surface area contributed by atoms with Gasteiger partial charge in [0.15, 0.2) is 0 Å². The summed E-state index contributed by atoms with van der Waals surface area (Å²) in [7, 11) is 0. The topological polar surface area (TPSA) is 52.6 Å². The molecule has 0 unspecified atom stereocenters. The quantitative estimate of drug-likeness (QED) is 0.534. The van der Waals surface area contributed by atoms with Gasteiger partial charge in [0.05, 0.1) is 0 Å². The fraction of sp³-hybridized carbons (Fsp3) is 0.750. The SMILES string of the molecule is O=C1CC[C@@H]([C@H]2CCC(=O)O2)O1. The van der Waals surface area contributed by atoms with Crippen molar-refractivity contribution in [2.24, 2.45) is 0 Å². The Hall–Kier alpha value is -1.06. The number of esters is 2. The number of carbonyl (C=O) groups is 2. The van der Waals surface area contributed by atoms with E-state index in [2.05, 4.69) is 0 Å². The number of ether oxygens (including phenoxy) is 2. The second kappa shape index (κ2) is 2.77. The second-order valence-corrected chi connectivity index (χ2v) is 3.13. The van der Waals surface area contributed by atoms with E-state index >= 15 is 0 Å². The maximum atomic E-state index is 10.7. The van der Waals surface area contributed by atoms with Crippen LogP contribution in [-0.2, 0) is 19.1 Å². The average molecular weight is 170 g/mol. The second-order valence-electron chi connectivity index (χ2n) is 3.13. The van der Waals surface area contributed by atoms with E-state index in [0.29, 0.717) is 25.7 Å². The van der Waals surface area contributed by atoms with Gasteiger partial charge in [-0.2, -0.15) is 0 Å². The third kappa shape index (κ3) is 1.29. The monoisotopic (exact) mass is 170 g/mol. The first-order chi connectivity index (χ1) is 5.75. The van der Waals surface area contributed by atoms with Crippen LogP contribution < -0.4 is 0 Å². The zero-order valence-corrected chi connectivity index (χ0v) is 6.62. The van der Waals surface area contributed by atoms with Crippen LogP contribution in [0.3, 0.4) is 0 Å². The van der Waals surface area contributed by atoms with Crippen molar-refractivity contribution in [3.63, 3.8) is 0 Å². The third-order valence-electron chi connectivity index (χ3n) is 2.25. The number of hydrogen-bond donors (Lipinski definition) is 0. The minimum Gasteiger partial charge on any atom is -0.458 e. The fourth-order valence-electron chi connectivity index (χ4n) is 1.62. The van der Waals surface area contributed by atoms with Gasteiger partial charge < -0.3 is 9.47 Å². The molecule has 2 atom stereocenters. The molecule has 0 aromatic heterocycles. The van der Waals surface area contributed by atoms with Crippen LogP contribution in [0, 0.1) is 0 Å². The van der Waals surface area contributed by atoms with E-state index in [4.69, 9.17) is 9.47 Å². The zero-order valence-electron chi connectivity index (χ0n) is 6.62. The molecule has 0 saturated carbocycles. The van der Waals surface area contributed by atoms with E-state index < -0.39 is 0 Å². The Balaban J connectivity index is 1.93. The van der Waals surface area contributed by atoms with E-state index in [1.807, 2.05) is 0 Å². The lowest BCUT2D eigenvalue weighted by molar-refractivity contribution is -0.153. The summed E-state index contributed by atoms with van der Waals surface area (Å²) in [5.41, 5.74) is 0. The van der Waals surface area contributed by atoms with E-state index in [1.54, 1.807) is 0 Å². The van der Waals surface area contributed by atoms with E-state index in [1.165, 1.54) is 0 Å². The molecule has 0 aromatic rings. The molecule has 4 heteroatoms. The van der Waals surface area contributed by atoms with Crippen molar-refractivity contribution >= 4 is 11.9 Å². The molecule has 2 aliphatic rings. The number of hydrogen-bond acceptors (Lipinski definition) is 4. The normalized spacial score (nSPS) is 35.0. The highest BCUT2D eigenvalue weighted by Gasteiger charge is 2.36. The van der Waals surface area contributed by atoms with Gasteiger partial charge in [0.1, 0.15) is 12.2 Å². The Kier molecular flexibility index (Phi) is 1.75. The van der Waals surface area contributed by atoms with Crippen LogP contribution in [0.1, 0.15) is 25.7 Å². The molecule has 0 aliphatic carbocycles. The van der Waals surface area contributed by atoms with Crippen molar-refractivity contribution in [2.75, 3.05) is 0 Å². The van der Waals surface area contributed by atoms with Crippen LogP contribution >= 0.6 is 0 Å². The number of carbonyl (C=O) groups excluding carboxylic acids is 2. The Bertz CT molecular complexity index is 199. The van der Waals surface area contributed by atoms with Gasteiger partial charge in [0.25, 0.3) is 0 Å². The molecule has 2 saturated heterocycles. The van der Waals surface area contributed by atoms with E-state index in [-0.39, 0.29) is 24.1 Å². The Morgan fingerprint density at radius 1 is 0.917 bits per heavy atom. The maximum absolute atomic E-state index is 10.7. The van der Waals surface area contributed by atoms with Gasteiger partial charge in [-0.1, -0.05) is 0 Å². The van der Waals surface area contributed by atoms with Crippen molar-refractivity contribution < 1.29 is 19.1 Å². The lowest BCUT2D eigenvalue weighted by atomic mass is 10.1. The van der Waals surface area contributed by atoms with Crippen LogP contribution in [0.25, 0.3) is 0 Å². The molecule has 0 amide bonds. The fourth-order valence-corrected chi connectivity index (χ4v) is 1.62. The maximum Gasteiger partial charge on any atom is 0.306 e. The van der Waals surface area contributed by atoms with E-state index in [0.717, 1.165) is 0 Å². The highest BCUT2D eigenvalue weighted by atomic mass is 16.6. The van der Waals surface area contributed by atoms with Crippen LogP contribution in [0.4, 0.5) is 0 Å². The lowest BCUT2D eigenvalue weighted by Gasteiger charge is -2.15. The van der Waals surface area contributed by atoms with Gasteiger partial charge in [-0.05, 0) is 12.8 Å². The minimum absolute atomic E-state index is 0.177. The number of rotatable bonds is 1. The summed E-state index contributed by atoms with van der Waals surface area (Å²) < 4.78 is 9.95. The van der Waals surface area contributed by atoms with Gasteiger partial charge in [0.2, 0.25) is 0 Å². The molecule has 4 nitrogen and oxygen atoms in total. The summed E-state index contributed by atoms with van der Waals surface area (Å²) in [6.45, 7) is 0. The molecule has 0 radical (unpaired) electrons. The standard InChI is InChI=1S/C8H10O4/c9-7-3-1-5(11-7)6-2-4-8(10)12-6/h5-6H,1-4H2/t5-,6+. The van der Waals surface area contributed by atoms with Crippen molar-refractivity contribution in [1.29, 1.82) is 0 Å². The largest absolute Gasteiger partial charge is 0.458 e. The first-order valence-corrected chi connectivity index (χ1v) is 4.14. The molecule has 66 valence electrons. The summed E-state index contributed by atoms with van der Waals surface area (Å²) in [5, 5.41) is 0. The molecule has 2 heterocycles. The number of cyclic esters (lactones) is 2. The van der Waals surface area contributed by atoms with Gasteiger partial charge in [-0.15, -0.1) is 0 Å². The van der Waals surface area contributed by atoms with Crippen molar-refractivity contribution in [1.82, 2.24) is 0 Å². The van der Waals surface area contributed by atoms with Gasteiger partial charge in [-0.3, -0.25) is 9.59 Å². The van der Waals surface area contributed by atoms with Gasteiger partial charge >= 0.3 is 11.9 Å². The Morgan fingerprint density at radius 3 is 1.58 bits per heavy atom.